The number of hydrogen-bond acceptors (Lipinski definition) is 19. The molecule has 23 nitrogen and oxygen atoms in total. The van der Waals surface area contributed by atoms with Gasteiger partial charge in [0.2, 0.25) is 17.7 Å². The van der Waals surface area contributed by atoms with Gasteiger partial charge in [-0.05, 0) is 12.0 Å². The van der Waals surface area contributed by atoms with Gasteiger partial charge in [-0.25, -0.2) is 4.79 Å². The quantitative estimate of drug-likeness (QED) is 0.0287. The third-order valence-electron chi connectivity index (χ3n) is 8.27. The van der Waals surface area contributed by atoms with Gasteiger partial charge >= 0.3 is 6.09 Å². The van der Waals surface area contributed by atoms with Gasteiger partial charge in [0.1, 0.15) is 49.3 Å². The van der Waals surface area contributed by atoms with Crippen LogP contribution in [-0.4, -0.2) is 215 Å². The average Bonchev–Trinajstić information content (AvgIpc) is 3.24. The third-order valence-corrected chi connectivity index (χ3v) is 8.27. The molecule has 0 aliphatic heterocycles. The summed E-state index contributed by atoms with van der Waals surface area (Å²) in [6, 6.07) is 7.88. The highest BCUT2D eigenvalue weighted by Crippen LogP contribution is 2.07. The molecule has 0 unspecified atom stereocenters. The second-order valence-corrected chi connectivity index (χ2v) is 13.0. The predicted octanol–water partition coefficient (Wildman–Crippen LogP) is -6.26. The van der Waals surface area contributed by atoms with E-state index in [1.165, 1.54) is 0 Å². The van der Waals surface area contributed by atoms with Crippen molar-refractivity contribution in [1.29, 1.82) is 0 Å². The number of aliphatic hydroxyl groups is 10. The van der Waals surface area contributed by atoms with Gasteiger partial charge in [-0.15, -0.1) is 0 Å². The van der Waals surface area contributed by atoms with Crippen molar-refractivity contribution in [2.75, 3.05) is 85.7 Å². The summed E-state index contributed by atoms with van der Waals surface area (Å²) in [6.07, 6.45) is -16.4. The molecule has 0 aromatic heterocycles. The van der Waals surface area contributed by atoms with Crippen LogP contribution in [0.5, 0.6) is 0 Å². The van der Waals surface area contributed by atoms with Gasteiger partial charge in [-0.1, -0.05) is 30.3 Å². The molecule has 0 heterocycles. The molecule has 0 saturated heterocycles. The Hall–Kier alpha value is -3.66. The van der Waals surface area contributed by atoms with Crippen molar-refractivity contribution in [3.63, 3.8) is 0 Å². The third kappa shape index (κ3) is 24.3. The van der Waals surface area contributed by atoms with Crippen molar-refractivity contribution >= 4 is 23.8 Å². The number of rotatable bonds is 34. The maximum Gasteiger partial charge on any atom is 0.407 e. The molecule has 59 heavy (non-hydrogen) atoms. The molecule has 23 heteroatoms. The van der Waals surface area contributed by atoms with Gasteiger partial charge in [0.15, 0.2) is 0 Å². The van der Waals surface area contributed by atoms with Crippen molar-refractivity contribution in [3.05, 3.63) is 35.9 Å². The molecule has 0 aliphatic rings. The maximum absolute atomic E-state index is 13.0. The Morgan fingerprint density at radius 2 is 1.02 bits per heavy atom. The highest BCUT2D eigenvalue weighted by Gasteiger charge is 2.32. The summed E-state index contributed by atoms with van der Waals surface area (Å²) in [5, 5.41) is 106. The first-order valence-corrected chi connectivity index (χ1v) is 19.0. The number of carbonyl (C=O) groups is 4. The summed E-state index contributed by atoms with van der Waals surface area (Å²) in [5.74, 6) is -2.34. The molecule has 0 radical (unpaired) electrons. The molecule has 1 aromatic rings. The highest BCUT2D eigenvalue weighted by molar-refractivity contribution is 5.88. The van der Waals surface area contributed by atoms with Gasteiger partial charge < -0.3 is 96.0 Å². The molecular formula is C36H62N4O19. The Labute approximate surface area is 341 Å². The molecule has 0 fully saturated rings. The SMILES string of the molecule is O=C(CC[C@H](NC(=O)CCOCCOCCOCCOCCNC(=O)OCc1ccccc1)C(=O)NC[C@H](O)[C@@H](O)[C@H](O)[C@H](O)CO)NC[C@H](O)[C@@H](O)[C@H](O)[C@H](O)CO. The zero-order valence-corrected chi connectivity index (χ0v) is 32.8. The second-order valence-electron chi connectivity index (χ2n) is 13.0. The molecule has 4 amide bonds. The van der Waals surface area contributed by atoms with Crippen LogP contribution in [0.15, 0.2) is 30.3 Å². The van der Waals surface area contributed by atoms with E-state index in [0.29, 0.717) is 13.2 Å². The Kier molecular flexibility index (Phi) is 29.1. The number of ether oxygens (including phenoxy) is 5. The topological polar surface area (TPSA) is 365 Å². The lowest BCUT2D eigenvalue weighted by Gasteiger charge is -2.26. The fraction of sp³-hybridized carbons (Fsp3) is 0.722. The van der Waals surface area contributed by atoms with Gasteiger partial charge in [-0.3, -0.25) is 14.4 Å². The van der Waals surface area contributed by atoms with E-state index < -0.39 is 111 Å². The van der Waals surface area contributed by atoms with Gasteiger partial charge in [-0.2, -0.15) is 0 Å². The van der Waals surface area contributed by atoms with E-state index in [2.05, 4.69) is 21.3 Å². The minimum Gasteiger partial charge on any atom is -0.445 e. The van der Waals surface area contributed by atoms with Gasteiger partial charge in [0, 0.05) is 32.5 Å². The Balaban J connectivity index is 2.36. The van der Waals surface area contributed by atoms with Crippen molar-refractivity contribution in [2.45, 2.75) is 80.7 Å². The van der Waals surface area contributed by atoms with Crippen LogP contribution in [-0.2, 0) is 44.7 Å². The number of nitrogens with one attached hydrogen (secondary N) is 4. The lowest BCUT2D eigenvalue weighted by Crippen LogP contribution is -2.53. The summed E-state index contributed by atoms with van der Waals surface area (Å²) >= 11 is 0. The van der Waals surface area contributed by atoms with Crippen molar-refractivity contribution in [3.8, 4) is 0 Å². The smallest absolute Gasteiger partial charge is 0.407 e. The minimum atomic E-state index is -1.98. The summed E-state index contributed by atoms with van der Waals surface area (Å²) in [6.45, 7) is -1.03. The van der Waals surface area contributed by atoms with Crippen molar-refractivity contribution < 1.29 is 93.9 Å². The zero-order valence-electron chi connectivity index (χ0n) is 32.8. The molecular weight excluding hydrogens is 792 g/mol. The predicted molar refractivity (Wildman–Crippen MR) is 202 cm³/mol. The second kappa shape index (κ2) is 32.2. The summed E-state index contributed by atoms with van der Waals surface area (Å²) < 4.78 is 26.7. The van der Waals surface area contributed by atoms with Gasteiger partial charge in [0.25, 0.3) is 0 Å². The van der Waals surface area contributed by atoms with Crippen LogP contribution in [0.1, 0.15) is 24.8 Å². The van der Waals surface area contributed by atoms with E-state index in [-0.39, 0.29) is 65.6 Å². The number of amides is 4. The van der Waals surface area contributed by atoms with E-state index in [1.54, 1.807) is 0 Å². The van der Waals surface area contributed by atoms with Crippen LogP contribution in [0, 0.1) is 0 Å². The summed E-state index contributed by atoms with van der Waals surface area (Å²) in [5.41, 5.74) is 0.876. The van der Waals surface area contributed by atoms with Crippen molar-refractivity contribution in [1.82, 2.24) is 21.3 Å². The first-order valence-electron chi connectivity index (χ1n) is 19.0. The molecule has 9 atom stereocenters. The largest absolute Gasteiger partial charge is 0.445 e. The van der Waals surface area contributed by atoms with Crippen molar-refractivity contribution in [2.24, 2.45) is 0 Å². The Bertz CT molecular complexity index is 1290. The maximum atomic E-state index is 13.0. The molecule has 1 rings (SSSR count). The van der Waals surface area contributed by atoms with Crippen LogP contribution in [0.4, 0.5) is 4.79 Å². The highest BCUT2D eigenvalue weighted by atomic mass is 16.6. The molecule has 0 bridgehead atoms. The molecule has 0 aliphatic carbocycles. The van der Waals surface area contributed by atoms with E-state index >= 15 is 0 Å². The lowest BCUT2D eigenvalue weighted by molar-refractivity contribution is -0.132. The molecule has 0 spiro atoms. The van der Waals surface area contributed by atoms with Crippen LogP contribution in [0.3, 0.4) is 0 Å². The standard InChI is InChI=1S/C36H62N4O19/c41-20-27(45)33(51)31(49)25(43)18-38-29(47)7-6-24(35(53)39-19-26(44)32(50)34(52)28(46)21-42)40-30(48)8-10-55-12-14-57-16-17-58-15-13-56-11-9-37-36(54)59-22-23-4-2-1-3-5-23/h1-5,24-28,31-34,41-46,49-52H,6-22H2,(H,37,54)(H,38,47)(H,39,53)(H,40,48)/t24-,25-,26-,27+,28+,31+,32+,33+,34+/m0/s1. The van der Waals surface area contributed by atoms with E-state index in [4.69, 9.17) is 33.9 Å². The number of aliphatic hydroxyl groups excluding tert-OH is 10. The first kappa shape index (κ1) is 53.4. The van der Waals surface area contributed by atoms with E-state index in [0.717, 1.165) is 5.56 Å². The molecule has 0 saturated carbocycles. The summed E-state index contributed by atoms with van der Waals surface area (Å²) in [4.78, 5) is 49.8. The first-order chi connectivity index (χ1) is 28.2. The number of benzene rings is 1. The van der Waals surface area contributed by atoms with Crippen LogP contribution >= 0.6 is 0 Å². The Morgan fingerprint density at radius 3 is 1.54 bits per heavy atom. The van der Waals surface area contributed by atoms with Crippen LogP contribution in [0.2, 0.25) is 0 Å². The van der Waals surface area contributed by atoms with Gasteiger partial charge in [0.05, 0.1) is 78.3 Å². The van der Waals surface area contributed by atoms with Crippen LogP contribution in [0.25, 0.3) is 0 Å². The number of hydrogen-bond donors (Lipinski definition) is 14. The number of alkyl carbamates (subject to hydrolysis) is 1. The Morgan fingerprint density at radius 1 is 0.542 bits per heavy atom. The fourth-order valence-electron chi connectivity index (χ4n) is 4.74. The average molecular weight is 855 g/mol. The molecule has 14 N–H and O–H groups in total. The lowest BCUT2D eigenvalue weighted by atomic mass is 10.0. The van der Waals surface area contributed by atoms with E-state index in [9.17, 15) is 60.0 Å². The normalized spacial score (nSPS) is 16.0. The van der Waals surface area contributed by atoms with Crippen LogP contribution < -0.4 is 21.3 Å². The number of carbonyl (C=O) groups excluding carboxylic acids is 4. The molecule has 1 aromatic carbocycles. The minimum absolute atomic E-state index is 0.0789. The fourth-order valence-corrected chi connectivity index (χ4v) is 4.74. The molecule has 340 valence electrons. The van der Waals surface area contributed by atoms with E-state index in [1.807, 2.05) is 30.3 Å². The zero-order chi connectivity index (χ0) is 44.0. The monoisotopic (exact) mass is 854 g/mol. The summed E-state index contributed by atoms with van der Waals surface area (Å²) in [7, 11) is 0.